The van der Waals surface area contributed by atoms with Gasteiger partial charge in [0, 0.05) is 18.1 Å². The van der Waals surface area contributed by atoms with Gasteiger partial charge in [0.1, 0.15) is 4.90 Å². The molecule has 0 aliphatic carbocycles. The summed E-state index contributed by atoms with van der Waals surface area (Å²) < 4.78 is 26.4. The Morgan fingerprint density at radius 2 is 2.00 bits per heavy atom. The van der Waals surface area contributed by atoms with Crippen molar-refractivity contribution in [3.8, 4) is 0 Å². The molecular weight excluding hydrogens is 353 g/mol. The summed E-state index contributed by atoms with van der Waals surface area (Å²) >= 11 is 12.0. The Labute approximate surface area is 138 Å². The standard InChI is InChI=1S/C13H15Cl2NO5S/c1-7-9(14)2-3-11(12(7)15)22(20,21)16-5-4-10(17)8(6-16)13(18)19/h2-3,8,10,17H,4-6H2,1H3,(H,18,19)/t8-,10+/m0/s1. The van der Waals surface area contributed by atoms with Gasteiger partial charge in [-0.2, -0.15) is 4.31 Å². The third-order valence-corrected chi connectivity index (χ3v) is 6.68. The first-order valence-electron chi connectivity index (χ1n) is 6.52. The highest BCUT2D eigenvalue weighted by Gasteiger charge is 2.39. The Kier molecular flexibility index (Phi) is 5.03. The summed E-state index contributed by atoms with van der Waals surface area (Å²) in [4.78, 5) is 11.0. The maximum absolute atomic E-state index is 12.7. The van der Waals surface area contributed by atoms with Crippen molar-refractivity contribution in [3.05, 3.63) is 27.7 Å². The van der Waals surface area contributed by atoms with Gasteiger partial charge in [-0.15, -0.1) is 0 Å². The van der Waals surface area contributed by atoms with Crippen LogP contribution in [0.3, 0.4) is 0 Å². The number of benzene rings is 1. The van der Waals surface area contributed by atoms with E-state index in [-0.39, 0.29) is 29.4 Å². The van der Waals surface area contributed by atoms with Crippen molar-refractivity contribution in [1.82, 2.24) is 4.31 Å². The third-order valence-electron chi connectivity index (χ3n) is 3.76. The van der Waals surface area contributed by atoms with Crippen LogP contribution in [-0.4, -0.2) is 48.1 Å². The van der Waals surface area contributed by atoms with Gasteiger partial charge in [-0.25, -0.2) is 8.42 Å². The molecule has 0 amide bonds. The molecule has 1 aliphatic rings. The van der Waals surface area contributed by atoms with Crippen molar-refractivity contribution < 1.29 is 23.4 Å². The summed E-state index contributed by atoms with van der Waals surface area (Å²) in [6.45, 7) is 1.34. The lowest BCUT2D eigenvalue weighted by Gasteiger charge is -2.33. The van der Waals surface area contributed by atoms with Crippen molar-refractivity contribution in [2.24, 2.45) is 5.92 Å². The van der Waals surface area contributed by atoms with Crippen molar-refractivity contribution in [1.29, 1.82) is 0 Å². The van der Waals surface area contributed by atoms with Crippen molar-refractivity contribution >= 4 is 39.2 Å². The van der Waals surface area contributed by atoms with Gasteiger partial charge < -0.3 is 10.2 Å². The van der Waals surface area contributed by atoms with Gasteiger partial charge in [0.05, 0.1) is 17.0 Å². The van der Waals surface area contributed by atoms with Crippen LogP contribution >= 0.6 is 23.2 Å². The molecule has 1 aromatic carbocycles. The van der Waals surface area contributed by atoms with E-state index >= 15 is 0 Å². The molecule has 0 spiro atoms. The number of aliphatic hydroxyl groups is 1. The van der Waals surface area contributed by atoms with E-state index in [2.05, 4.69) is 0 Å². The Hall–Kier alpha value is -0.860. The fraction of sp³-hybridized carbons (Fsp3) is 0.462. The summed E-state index contributed by atoms with van der Waals surface area (Å²) in [5, 5.41) is 19.1. The van der Waals surface area contributed by atoms with Crippen LogP contribution in [0.2, 0.25) is 10.0 Å². The Morgan fingerprint density at radius 1 is 1.36 bits per heavy atom. The SMILES string of the molecule is Cc1c(Cl)ccc(S(=O)(=O)N2CC[C@@H](O)[C@@H](C(=O)O)C2)c1Cl. The first-order chi connectivity index (χ1) is 10.2. The van der Waals surface area contributed by atoms with Crippen LogP contribution in [0.5, 0.6) is 0 Å². The smallest absolute Gasteiger partial charge is 0.310 e. The molecule has 1 saturated heterocycles. The number of aliphatic hydroxyl groups excluding tert-OH is 1. The van der Waals surface area contributed by atoms with Crippen molar-refractivity contribution in [2.45, 2.75) is 24.3 Å². The lowest BCUT2D eigenvalue weighted by Crippen LogP contribution is -2.48. The second-order valence-corrected chi connectivity index (χ2v) is 7.84. The zero-order chi connectivity index (χ0) is 16.7. The highest BCUT2D eigenvalue weighted by molar-refractivity contribution is 7.89. The van der Waals surface area contributed by atoms with E-state index in [9.17, 15) is 18.3 Å². The molecule has 0 bridgehead atoms. The predicted molar refractivity (Wildman–Crippen MR) is 81.7 cm³/mol. The van der Waals surface area contributed by atoms with E-state index in [4.69, 9.17) is 28.3 Å². The van der Waals surface area contributed by atoms with E-state index < -0.39 is 28.0 Å². The van der Waals surface area contributed by atoms with Gasteiger partial charge in [-0.3, -0.25) is 4.79 Å². The zero-order valence-corrected chi connectivity index (χ0v) is 14.0. The first-order valence-corrected chi connectivity index (χ1v) is 8.71. The van der Waals surface area contributed by atoms with Gasteiger partial charge in [0.25, 0.3) is 0 Å². The number of carbonyl (C=O) groups is 1. The maximum atomic E-state index is 12.7. The number of carboxylic acid groups (broad SMARTS) is 1. The molecule has 9 heteroatoms. The van der Waals surface area contributed by atoms with Crippen LogP contribution in [-0.2, 0) is 14.8 Å². The van der Waals surface area contributed by atoms with E-state index in [0.29, 0.717) is 10.6 Å². The number of nitrogens with zero attached hydrogens (tertiary/aromatic N) is 1. The van der Waals surface area contributed by atoms with E-state index in [1.165, 1.54) is 12.1 Å². The van der Waals surface area contributed by atoms with Crippen LogP contribution in [0.15, 0.2) is 17.0 Å². The highest BCUT2D eigenvalue weighted by atomic mass is 35.5. The maximum Gasteiger partial charge on any atom is 0.310 e. The lowest BCUT2D eigenvalue weighted by atomic mass is 9.96. The minimum absolute atomic E-state index is 0.0190. The van der Waals surface area contributed by atoms with E-state index in [0.717, 1.165) is 4.31 Å². The van der Waals surface area contributed by atoms with Crippen LogP contribution in [0.4, 0.5) is 0 Å². The quantitative estimate of drug-likeness (QED) is 0.848. The van der Waals surface area contributed by atoms with Crippen LogP contribution in [0.1, 0.15) is 12.0 Å². The van der Waals surface area contributed by atoms with Crippen LogP contribution in [0.25, 0.3) is 0 Å². The monoisotopic (exact) mass is 367 g/mol. The van der Waals surface area contributed by atoms with Gasteiger partial charge in [-0.1, -0.05) is 23.2 Å². The largest absolute Gasteiger partial charge is 0.481 e. The highest BCUT2D eigenvalue weighted by Crippen LogP contribution is 2.33. The first kappa shape index (κ1) is 17.5. The number of halogens is 2. The summed E-state index contributed by atoms with van der Waals surface area (Å²) in [5.74, 6) is -2.39. The summed E-state index contributed by atoms with van der Waals surface area (Å²) in [6.07, 6.45) is -1.01. The minimum Gasteiger partial charge on any atom is -0.481 e. The molecule has 0 saturated carbocycles. The van der Waals surface area contributed by atoms with E-state index in [1.807, 2.05) is 0 Å². The molecule has 2 N–H and O–H groups in total. The number of aliphatic carboxylic acids is 1. The average Bonchev–Trinajstić information content (AvgIpc) is 2.44. The zero-order valence-electron chi connectivity index (χ0n) is 11.7. The molecule has 2 rings (SSSR count). The van der Waals surface area contributed by atoms with Gasteiger partial charge in [-0.05, 0) is 31.0 Å². The second-order valence-electron chi connectivity index (χ2n) is 5.15. The molecule has 1 aromatic rings. The molecule has 0 radical (unpaired) electrons. The molecular formula is C13H15Cl2NO5S. The third kappa shape index (κ3) is 3.09. The van der Waals surface area contributed by atoms with Crippen molar-refractivity contribution in [3.63, 3.8) is 0 Å². The summed E-state index contributed by atoms with van der Waals surface area (Å²) in [5.41, 5.74) is 0.441. The number of rotatable bonds is 3. The van der Waals surface area contributed by atoms with Crippen LogP contribution < -0.4 is 0 Å². The fourth-order valence-corrected chi connectivity index (χ4v) is 4.61. The number of piperidine rings is 1. The lowest BCUT2D eigenvalue weighted by molar-refractivity contribution is -0.147. The Balaban J connectivity index is 2.39. The predicted octanol–water partition coefficient (Wildman–Crippen LogP) is 1.76. The number of hydrogen-bond donors (Lipinski definition) is 2. The van der Waals surface area contributed by atoms with Gasteiger partial charge in [0.2, 0.25) is 10.0 Å². The molecule has 1 aliphatic heterocycles. The number of hydrogen-bond acceptors (Lipinski definition) is 4. The Morgan fingerprint density at radius 3 is 2.59 bits per heavy atom. The van der Waals surface area contributed by atoms with Crippen molar-refractivity contribution in [2.75, 3.05) is 13.1 Å². The number of carboxylic acids is 1. The molecule has 2 atom stereocenters. The molecule has 22 heavy (non-hydrogen) atoms. The normalized spacial score (nSPS) is 23.5. The molecule has 122 valence electrons. The molecule has 1 heterocycles. The van der Waals surface area contributed by atoms with Crippen LogP contribution in [0, 0.1) is 12.8 Å². The minimum atomic E-state index is -3.95. The summed E-state index contributed by atoms with van der Waals surface area (Å²) in [6, 6.07) is 2.73. The van der Waals surface area contributed by atoms with Gasteiger partial charge in [0.15, 0.2) is 0 Å². The summed E-state index contributed by atoms with van der Waals surface area (Å²) in [7, 11) is -3.95. The second kappa shape index (κ2) is 6.33. The molecule has 0 aromatic heterocycles. The molecule has 6 nitrogen and oxygen atoms in total. The molecule has 1 fully saturated rings. The molecule has 0 unspecified atom stereocenters. The van der Waals surface area contributed by atoms with E-state index in [1.54, 1.807) is 6.92 Å². The Bertz CT molecular complexity index is 707. The average molecular weight is 368 g/mol. The topological polar surface area (TPSA) is 94.9 Å². The number of sulfonamides is 1. The van der Waals surface area contributed by atoms with Gasteiger partial charge >= 0.3 is 5.97 Å². The fourth-order valence-electron chi connectivity index (χ4n) is 2.35.